The minimum Gasteiger partial charge on any atom is -0.493 e. The van der Waals surface area contributed by atoms with E-state index in [9.17, 15) is 4.79 Å². The van der Waals surface area contributed by atoms with Gasteiger partial charge in [0.05, 0.1) is 24.8 Å². The molecule has 3 aromatic rings. The summed E-state index contributed by atoms with van der Waals surface area (Å²) in [5.41, 5.74) is 1.95. The van der Waals surface area contributed by atoms with E-state index in [2.05, 4.69) is 10.4 Å². The Kier molecular flexibility index (Phi) is 5.09. The summed E-state index contributed by atoms with van der Waals surface area (Å²) in [6.07, 6.45) is 2.40. The Bertz CT molecular complexity index is 908. The van der Waals surface area contributed by atoms with Crippen LogP contribution in [-0.4, -0.2) is 36.3 Å². The Labute approximate surface area is 150 Å². The molecule has 0 aliphatic rings. The van der Waals surface area contributed by atoms with Crippen LogP contribution in [-0.2, 0) is 6.42 Å². The van der Waals surface area contributed by atoms with E-state index in [4.69, 9.17) is 21.1 Å². The number of hydrogen-bond acceptors (Lipinski definition) is 4. The number of fused-ring (bicyclic) bond motifs is 1. The van der Waals surface area contributed by atoms with E-state index in [-0.39, 0.29) is 11.6 Å². The second-order valence-corrected chi connectivity index (χ2v) is 5.77. The van der Waals surface area contributed by atoms with Gasteiger partial charge in [0.1, 0.15) is 0 Å². The summed E-state index contributed by atoms with van der Waals surface area (Å²) in [5.74, 6) is 1.04. The van der Waals surface area contributed by atoms with Gasteiger partial charge < -0.3 is 14.8 Å². The SMILES string of the molecule is COc1ccc(CCNC(=O)c2nn3ccccc3c2Cl)cc1OC. The van der Waals surface area contributed by atoms with Crippen molar-refractivity contribution in [3.05, 3.63) is 58.9 Å². The Balaban J connectivity index is 1.65. The molecule has 0 atom stereocenters. The van der Waals surface area contributed by atoms with Gasteiger partial charge in [0.15, 0.2) is 17.2 Å². The number of benzene rings is 1. The smallest absolute Gasteiger partial charge is 0.273 e. The van der Waals surface area contributed by atoms with E-state index in [1.54, 1.807) is 24.9 Å². The molecule has 0 spiro atoms. The summed E-state index contributed by atoms with van der Waals surface area (Å²) >= 11 is 6.25. The Hall–Kier alpha value is -2.73. The normalized spacial score (nSPS) is 10.7. The van der Waals surface area contributed by atoms with Crippen LogP contribution in [0.1, 0.15) is 16.1 Å². The number of carbonyl (C=O) groups is 1. The molecule has 0 saturated carbocycles. The van der Waals surface area contributed by atoms with Crippen LogP contribution < -0.4 is 14.8 Å². The number of carbonyl (C=O) groups excluding carboxylic acids is 1. The maximum Gasteiger partial charge on any atom is 0.273 e. The minimum atomic E-state index is -0.297. The van der Waals surface area contributed by atoms with Gasteiger partial charge >= 0.3 is 0 Å². The number of rotatable bonds is 6. The van der Waals surface area contributed by atoms with Crippen LogP contribution in [0, 0.1) is 0 Å². The number of methoxy groups -OCH3 is 2. The molecule has 2 heterocycles. The molecule has 0 fully saturated rings. The molecule has 0 bridgehead atoms. The average molecular weight is 360 g/mol. The van der Waals surface area contributed by atoms with Gasteiger partial charge in [0.2, 0.25) is 0 Å². The zero-order valence-corrected chi connectivity index (χ0v) is 14.7. The van der Waals surface area contributed by atoms with E-state index < -0.39 is 0 Å². The van der Waals surface area contributed by atoms with Crippen molar-refractivity contribution >= 4 is 23.0 Å². The number of nitrogens with one attached hydrogen (secondary N) is 1. The fourth-order valence-electron chi connectivity index (χ4n) is 2.55. The van der Waals surface area contributed by atoms with Crippen LogP contribution >= 0.6 is 11.6 Å². The maximum atomic E-state index is 12.3. The quantitative estimate of drug-likeness (QED) is 0.735. The predicted octanol–water partition coefficient (Wildman–Crippen LogP) is 2.98. The highest BCUT2D eigenvalue weighted by Gasteiger charge is 2.17. The van der Waals surface area contributed by atoms with Crippen molar-refractivity contribution in [2.24, 2.45) is 0 Å². The van der Waals surface area contributed by atoms with Gasteiger partial charge in [-0.1, -0.05) is 23.7 Å². The lowest BCUT2D eigenvalue weighted by atomic mass is 10.1. The molecular formula is C18H18ClN3O3. The van der Waals surface area contributed by atoms with Crippen LogP contribution in [0.5, 0.6) is 11.5 Å². The first-order valence-electron chi connectivity index (χ1n) is 7.76. The molecule has 25 heavy (non-hydrogen) atoms. The Morgan fingerprint density at radius 1 is 1.20 bits per heavy atom. The molecular weight excluding hydrogens is 342 g/mol. The summed E-state index contributed by atoms with van der Waals surface area (Å²) in [4.78, 5) is 12.3. The van der Waals surface area contributed by atoms with Gasteiger partial charge in [-0.2, -0.15) is 5.10 Å². The summed E-state index contributed by atoms with van der Waals surface area (Å²) in [7, 11) is 3.19. The van der Waals surface area contributed by atoms with Crippen molar-refractivity contribution in [1.29, 1.82) is 0 Å². The average Bonchev–Trinajstić information content (AvgIpc) is 2.98. The zero-order chi connectivity index (χ0) is 17.8. The first-order valence-corrected chi connectivity index (χ1v) is 8.14. The summed E-state index contributed by atoms with van der Waals surface area (Å²) < 4.78 is 12.1. The highest BCUT2D eigenvalue weighted by atomic mass is 35.5. The molecule has 0 aliphatic heterocycles. The predicted molar refractivity (Wildman–Crippen MR) is 95.8 cm³/mol. The number of nitrogens with zero attached hydrogens (tertiary/aromatic N) is 2. The number of amides is 1. The largest absolute Gasteiger partial charge is 0.493 e. The van der Waals surface area contributed by atoms with Crippen LogP contribution in [0.2, 0.25) is 5.02 Å². The van der Waals surface area contributed by atoms with Crippen LogP contribution in [0.3, 0.4) is 0 Å². The molecule has 0 saturated heterocycles. The van der Waals surface area contributed by atoms with Crippen LogP contribution in [0.15, 0.2) is 42.6 Å². The highest BCUT2D eigenvalue weighted by Crippen LogP contribution is 2.27. The number of ether oxygens (including phenoxy) is 2. The second-order valence-electron chi connectivity index (χ2n) is 5.39. The van der Waals surface area contributed by atoms with E-state index in [1.807, 2.05) is 36.4 Å². The van der Waals surface area contributed by atoms with Crippen molar-refractivity contribution in [2.75, 3.05) is 20.8 Å². The third-order valence-electron chi connectivity index (χ3n) is 3.84. The molecule has 1 N–H and O–H groups in total. The zero-order valence-electron chi connectivity index (χ0n) is 14.0. The molecule has 1 aromatic carbocycles. The van der Waals surface area contributed by atoms with E-state index >= 15 is 0 Å². The summed E-state index contributed by atoms with van der Waals surface area (Å²) in [5, 5.41) is 7.42. The number of halogens is 1. The monoisotopic (exact) mass is 359 g/mol. The first-order chi connectivity index (χ1) is 12.1. The maximum absolute atomic E-state index is 12.3. The summed E-state index contributed by atoms with van der Waals surface area (Å²) in [6.45, 7) is 0.457. The number of aromatic nitrogens is 2. The highest BCUT2D eigenvalue weighted by molar-refractivity contribution is 6.36. The molecule has 7 heteroatoms. The minimum absolute atomic E-state index is 0.222. The molecule has 0 aliphatic carbocycles. The topological polar surface area (TPSA) is 64.9 Å². The molecule has 2 aromatic heterocycles. The van der Waals surface area contributed by atoms with E-state index in [0.29, 0.717) is 35.0 Å². The molecule has 1 amide bonds. The number of hydrogen-bond donors (Lipinski definition) is 1. The van der Waals surface area contributed by atoms with Gasteiger partial charge in [-0.05, 0) is 36.2 Å². The van der Waals surface area contributed by atoms with Gasteiger partial charge in [0, 0.05) is 12.7 Å². The van der Waals surface area contributed by atoms with Crippen LogP contribution in [0.25, 0.3) is 5.52 Å². The van der Waals surface area contributed by atoms with Gasteiger partial charge in [0.25, 0.3) is 5.91 Å². The number of pyridine rings is 1. The molecule has 0 unspecified atom stereocenters. The third-order valence-corrected chi connectivity index (χ3v) is 4.21. The lowest BCUT2D eigenvalue weighted by Crippen LogP contribution is -2.26. The van der Waals surface area contributed by atoms with Gasteiger partial charge in [-0.25, -0.2) is 4.52 Å². The van der Waals surface area contributed by atoms with Crippen molar-refractivity contribution in [3.63, 3.8) is 0 Å². The lowest BCUT2D eigenvalue weighted by Gasteiger charge is -2.10. The Morgan fingerprint density at radius 2 is 2.00 bits per heavy atom. The molecule has 130 valence electrons. The fourth-order valence-corrected chi connectivity index (χ4v) is 2.83. The molecule has 0 radical (unpaired) electrons. The molecule has 6 nitrogen and oxygen atoms in total. The standard InChI is InChI=1S/C18H18ClN3O3/c1-24-14-7-6-12(11-15(14)25-2)8-9-20-18(23)17-16(19)13-5-3-4-10-22(13)21-17/h3-7,10-11H,8-9H2,1-2H3,(H,20,23). The van der Waals surface area contributed by atoms with Gasteiger partial charge in [-0.3, -0.25) is 4.79 Å². The van der Waals surface area contributed by atoms with Crippen molar-refractivity contribution < 1.29 is 14.3 Å². The molecule has 3 rings (SSSR count). The van der Waals surface area contributed by atoms with E-state index in [1.165, 1.54) is 0 Å². The van der Waals surface area contributed by atoms with Gasteiger partial charge in [-0.15, -0.1) is 0 Å². The van der Waals surface area contributed by atoms with Crippen LogP contribution in [0.4, 0.5) is 0 Å². The summed E-state index contributed by atoms with van der Waals surface area (Å²) in [6, 6.07) is 11.2. The van der Waals surface area contributed by atoms with Crippen molar-refractivity contribution in [2.45, 2.75) is 6.42 Å². The third kappa shape index (κ3) is 3.53. The van der Waals surface area contributed by atoms with Crippen molar-refractivity contribution in [1.82, 2.24) is 14.9 Å². The Morgan fingerprint density at radius 3 is 2.72 bits per heavy atom. The fraction of sp³-hybridized carbons (Fsp3) is 0.222. The van der Waals surface area contributed by atoms with E-state index in [0.717, 1.165) is 5.56 Å². The first kappa shape index (κ1) is 17.1. The van der Waals surface area contributed by atoms with Crippen molar-refractivity contribution in [3.8, 4) is 11.5 Å². The second kappa shape index (κ2) is 7.44. The lowest BCUT2D eigenvalue weighted by molar-refractivity contribution is 0.0949.